The smallest absolute Gasteiger partial charge is 0.348 e. The maximum absolute atomic E-state index is 11.9. The fraction of sp³-hybridized carbons (Fsp3) is 0. The van der Waals surface area contributed by atoms with Gasteiger partial charge in [0.2, 0.25) is 0 Å². The summed E-state index contributed by atoms with van der Waals surface area (Å²) < 4.78 is 1.43. The van der Waals surface area contributed by atoms with Crippen molar-refractivity contribution >= 4 is 11.6 Å². The van der Waals surface area contributed by atoms with Gasteiger partial charge in [0.15, 0.2) is 5.82 Å². The van der Waals surface area contributed by atoms with Gasteiger partial charge < -0.3 is 5.11 Å². The Morgan fingerprint density at radius 1 is 1.15 bits per heavy atom. The van der Waals surface area contributed by atoms with Crippen molar-refractivity contribution < 1.29 is 5.11 Å². The second-order valence-electron chi connectivity index (χ2n) is 4.21. The minimum Gasteiger partial charge on any atom is -0.508 e. The maximum Gasteiger partial charge on any atom is 0.348 e. The molecule has 0 fully saturated rings. The van der Waals surface area contributed by atoms with E-state index in [1.165, 1.54) is 16.7 Å². The van der Waals surface area contributed by atoms with Crippen molar-refractivity contribution in [3.8, 4) is 22.8 Å². The monoisotopic (exact) mass is 287 g/mol. The first-order valence-electron chi connectivity index (χ1n) is 5.88. The molecule has 0 atom stereocenters. The van der Waals surface area contributed by atoms with Gasteiger partial charge in [-0.05, 0) is 42.5 Å². The van der Waals surface area contributed by atoms with Crippen LogP contribution in [0.1, 0.15) is 0 Å². The molecular formula is C14H10ClN3O2. The lowest BCUT2D eigenvalue weighted by molar-refractivity contribution is 0.475. The van der Waals surface area contributed by atoms with Crippen LogP contribution >= 0.6 is 11.6 Å². The minimum atomic E-state index is -0.352. The van der Waals surface area contributed by atoms with E-state index >= 15 is 0 Å². The standard InChI is InChI=1S/C14H10ClN3O2/c15-10-2-1-3-11(8-10)18-13(16-17-14(18)20)9-4-6-12(19)7-5-9/h1-8,19H,(H,17,20). The third-order valence-electron chi connectivity index (χ3n) is 2.86. The number of benzene rings is 2. The van der Waals surface area contributed by atoms with Crippen molar-refractivity contribution in [2.24, 2.45) is 0 Å². The highest BCUT2D eigenvalue weighted by atomic mass is 35.5. The Bertz CT molecular complexity index is 806. The zero-order valence-corrected chi connectivity index (χ0v) is 11.0. The summed E-state index contributed by atoms with van der Waals surface area (Å²) in [4.78, 5) is 11.9. The van der Waals surface area contributed by atoms with Gasteiger partial charge in [0.05, 0.1) is 5.69 Å². The predicted octanol–water partition coefficient (Wildman–Crippen LogP) is 2.59. The quantitative estimate of drug-likeness (QED) is 0.761. The lowest BCUT2D eigenvalue weighted by Gasteiger charge is -2.06. The first kappa shape index (κ1) is 12.5. The molecule has 20 heavy (non-hydrogen) atoms. The minimum absolute atomic E-state index is 0.154. The summed E-state index contributed by atoms with van der Waals surface area (Å²) in [5.41, 5.74) is 0.982. The number of phenolic OH excluding ortho intramolecular Hbond substituents is 1. The molecule has 0 aliphatic rings. The highest BCUT2D eigenvalue weighted by molar-refractivity contribution is 6.30. The number of phenols is 1. The number of hydrogen-bond acceptors (Lipinski definition) is 3. The molecule has 3 rings (SSSR count). The number of nitrogens with one attached hydrogen (secondary N) is 1. The molecule has 3 aromatic rings. The number of hydrogen-bond donors (Lipinski definition) is 2. The Morgan fingerprint density at radius 2 is 1.90 bits per heavy atom. The lowest BCUT2D eigenvalue weighted by Crippen LogP contribution is -2.15. The lowest BCUT2D eigenvalue weighted by atomic mass is 10.2. The Kier molecular flexibility index (Phi) is 3.04. The molecule has 0 spiro atoms. The molecule has 6 heteroatoms. The number of aromatic amines is 1. The second kappa shape index (κ2) is 4.86. The summed E-state index contributed by atoms with van der Waals surface area (Å²) in [5, 5.41) is 16.3. The molecule has 5 nitrogen and oxygen atoms in total. The van der Waals surface area contributed by atoms with Crippen molar-refractivity contribution in [1.29, 1.82) is 0 Å². The molecule has 2 N–H and O–H groups in total. The largest absolute Gasteiger partial charge is 0.508 e. The van der Waals surface area contributed by atoms with Crippen LogP contribution in [0.5, 0.6) is 5.75 Å². The van der Waals surface area contributed by atoms with E-state index in [0.29, 0.717) is 22.1 Å². The van der Waals surface area contributed by atoms with Gasteiger partial charge in [0.1, 0.15) is 5.75 Å². The molecule has 0 saturated heterocycles. The van der Waals surface area contributed by atoms with Crippen LogP contribution in [0.3, 0.4) is 0 Å². The van der Waals surface area contributed by atoms with E-state index in [0.717, 1.165) is 0 Å². The molecule has 1 aromatic heterocycles. The van der Waals surface area contributed by atoms with Gasteiger partial charge >= 0.3 is 5.69 Å². The second-order valence-corrected chi connectivity index (χ2v) is 4.65. The number of halogens is 1. The molecule has 0 radical (unpaired) electrons. The Morgan fingerprint density at radius 3 is 2.60 bits per heavy atom. The molecule has 0 unspecified atom stereocenters. The molecule has 0 aliphatic carbocycles. The molecule has 2 aromatic carbocycles. The topological polar surface area (TPSA) is 70.9 Å². The van der Waals surface area contributed by atoms with Crippen LogP contribution in [0.15, 0.2) is 53.3 Å². The van der Waals surface area contributed by atoms with Crippen LogP contribution in [0, 0.1) is 0 Å². The molecule has 0 bridgehead atoms. The summed E-state index contributed by atoms with van der Waals surface area (Å²) >= 11 is 5.95. The van der Waals surface area contributed by atoms with Gasteiger partial charge in [0.25, 0.3) is 0 Å². The van der Waals surface area contributed by atoms with Gasteiger partial charge in [-0.3, -0.25) is 0 Å². The maximum atomic E-state index is 11.9. The van der Waals surface area contributed by atoms with Crippen LogP contribution in [-0.4, -0.2) is 19.9 Å². The summed E-state index contributed by atoms with van der Waals surface area (Å²) in [6.45, 7) is 0. The van der Waals surface area contributed by atoms with E-state index in [-0.39, 0.29) is 11.4 Å². The van der Waals surface area contributed by atoms with Gasteiger partial charge in [-0.15, -0.1) is 0 Å². The number of aromatic hydroxyl groups is 1. The summed E-state index contributed by atoms with van der Waals surface area (Å²) in [7, 11) is 0. The van der Waals surface area contributed by atoms with Crippen LogP contribution < -0.4 is 5.69 Å². The summed E-state index contributed by atoms with van der Waals surface area (Å²) in [6, 6.07) is 13.4. The average Bonchev–Trinajstić information content (AvgIpc) is 2.81. The van der Waals surface area contributed by atoms with Crippen molar-refractivity contribution in [2.45, 2.75) is 0 Å². The van der Waals surface area contributed by atoms with Crippen molar-refractivity contribution in [1.82, 2.24) is 14.8 Å². The predicted molar refractivity (Wildman–Crippen MR) is 76.3 cm³/mol. The number of nitrogens with zero attached hydrogens (tertiary/aromatic N) is 2. The van der Waals surface area contributed by atoms with E-state index in [4.69, 9.17) is 11.6 Å². The van der Waals surface area contributed by atoms with Crippen molar-refractivity contribution in [2.75, 3.05) is 0 Å². The molecule has 100 valence electrons. The molecule has 1 heterocycles. The molecular weight excluding hydrogens is 278 g/mol. The van der Waals surface area contributed by atoms with Crippen molar-refractivity contribution in [3.05, 3.63) is 64.0 Å². The summed E-state index contributed by atoms with van der Waals surface area (Å²) in [5.74, 6) is 0.609. The first-order chi connectivity index (χ1) is 9.65. The third-order valence-corrected chi connectivity index (χ3v) is 3.10. The van der Waals surface area contributed by atoms with Crippen LogP contribution in [0.4, 0.5) is 0 Å². The fourth-order valence-corrected chi connectivity index (χ4v) is 2.14. The van der Waals surface area contributed by atoms with Gasteiger partial charge in [-0.2, -0.15) is 5.10 Å². The highest BCUT2D eigenvalue weighted by Gasteiger charge is 2.12. The van der Waals surface area contributed by atoms with E-state index in [2.05, 4.69) is 10.2 Å². The van der Waals surface area contributed by atoms with Gasteiger partial charge in [-0.1, -0.05) is 17.7 Å². The average molecular weight is 288 g/mol. The van der Waals surface area contributed by atoms with Crippen LogP contribution in [0.2, 0.25) is 5.02 Å². The van der Waals surface area contributed by atoms with Crippen LogP contribution in [0.25, 0.3) is 17.1 Å². The Labute approximate surface area is 119 Å². The molecule has 0 amide bonds. The fourth-order valence-electron chi connectivity index (χ4n) is 1.96. The number of aromatic nitrogens is 3. The third kappa shape index (κ3) is 2.19. The Balaban J connectivity index is 2.20. The number of rotatable bonds is 2. The van der Waals surface area contributed by atoms with E-state index < -0.39 is 0 Å². The van der Waals surface area contributed by atoms with Gasteiger partial charge in [0, 0.05) is 10.6 Å². The SMILES string of the molecule is O=c1[nH]nc(-c2ccc(O)cc2)n1-c1cccc(Cl)c1. The zero-order valence-electron chi connectivity index (χ0n) is 10.2. The van der Waals surface area contributed by atoms with E-state index in [9.17, 15) is 9.90 Å². The number of H-pyrrole nitrogens is 1. The molecule has 0 aliphatic heterocycles. The van der Waals surface area contributed by atoms with Crippen LogP contribution in [-0.2, 0) is 0 Å². The summed E-state index contributed by atoms with van der Waals surface area (Å²) in [6.07, 6.45) is 0. The zero-order chi connectivity index (χ0) is 14.1. The Hall–Kier alpha value is -2.53. The first-order valence-corrected chi connectivity index (χ1v) is 6.26. The highest BCUT2D eigenvalue weighted by Crippen LogP contribution is 2.22. The normalized spacial score (nSPS) is 10.7. The van der Waals surface area contributed by atoms with E-state index in [1.807, 2.05) is 0 Å². The van der Waals surface area contributed by atoms with Crippen molar-refractivity contribution in [3.63, 3.8) is 0 Å². The van der Waals surface area contributed by atoms with Gasteiger partial charge in [-0.25, -0.2) is 14.5 Å². The van der Waals surface area contributed by atoms with E-state index in [1.54, 1.807) is 36.4 Å². The molecule has 0 saturated carbocycles.